The second kappa shape index (κ2) is 9.80. The number of hydrogen-bond donors (Lipinski definition) is 1. The lowest BCUT2D eigenvalue weighted by molar-refractivity contribution is 0.216. The van der Waals surface area contributed by atoms with Crippen LogP contribution in [-0.4, -0.2) is 60.3 Å². The maximum absolute atomic E-state index is 12.0. The van der Waals surface area contributed by atoms with Gasteiger partial charge in [0.1, 0.15) is 23.7 Å². The van der Waals surface area contributed by atoms with Crippen molar-refractivity contribution in [1.29, 1.82) is 5.26 Å². The van der Waals surface area contributed by atoms with Gasteiger partial charge < -0.3 is 14.4 Å². The zero-order chi connectivity index (χ0) is 28.2. The number of aromatic amines is 1. The fourth-order valence-electron chi connectivity index (χ4n) is 5.62. The average molecular weight is 600 g/mol. The first-order valence-electron chi connectivity index (χ1n) is 12.5. The van der Waals surface area contributed by atoms with Crippen molar-refractivity contribution in [2.24, 2.45) is 5.41 Å². The van der Waals surface area contributed by atoms with Crippen molar-refractivity contribution in [2.45, 2.75) is 19.4 Å². The molecule has 1 aromatic carbocycles. The molecule has 0 amide bonds. The number of sulfone groups is 1. The predicted molar refractivity (Wildman–Crippen MR) is 152 cm³/mol. The number of methoxy groups -OCH3 is 1. The fraction of sp³-hybridized carbons (Fsp3) is 0.333. The van der Waals surface area contributed by atoms with Crippen LogP contribution >= 0.6 is 23.2 Å². The van der Waals surface area contributed by atoms with E-state index in [1.54, 1.807) is 25.4 Å². The van der Waals surface area contributed by atoms with E-state index >= 15 is 0 Å². The molecule has 0 saturated carbocycles. The zero-order valence-corrected chi connectivity index (χ0v) is 23.9. The molecule has 6 rings (SSSR count). The van der Waals surface area contributed by atoms with Crippen LogP contribution in [0.15, 0.2) is 36.8 Å². The average Bonchev–Trinajstić information content (AvgIpc) is 3.46. The summed E-state index contributed by atoms with van der Waals surface area (Å²) in [6.07, 6.45) is 4.83. The number of hydrogen-bond acceptors (Lipinski definition) is 9. The summed E-state index contributed by atoms with van der Waals surface area (Å²) in [5.41, 5.74) is 2.71. The first kappa shape index (κ1) is 26.6. The van der Waals surface area contributed by atoms with Gasteiger partial charge in [-0.05, 0) is 25.5 Å². The Bertz CT molecular complexity index is 1780. The van der Waals surface area contributed by atoms with Gasteiger partial charge in [-0.25, -0.2) is 13.4 Å². The Hall–Kier alpha value is -3.59. The molecule has 5 heterocycles. The molecule has 2 aliphatic heterocycles. The Morgan fingerprint density at radius 1 is 1.15 bits per heavy atom. The summed E-state index contributed by atoms with van der Waals surface area (Å²) in [5.74, 6) is 1.91. The van der Waals surface area contributed by atoms with Gasteiger partial charge in [0.15, 0.2) is 21.3 Å². The number of benzene rings is 1. The molecule has 2 fully saturated rings. The summed E-state index contributed by atoms with van der Waals surface area (Å²) in [5, 5.41) is 19.0. The van der Waals surface area contributed by atoms with Crippen LogP contribution in [0.25, 0.3) is 22.2 Å². The zero-order valence-electron chi connectivity index (χ0n) is 21.6. The first-order chi connectivity index (χ1) is 19.1. The van der Waals surface area contributed by atoms with Gasteiger partial charge in [-0.3, -0.25) is 10.1 Å². The van der Waals surface area contributed by atoms with Crippen LogP contribution in [0.4, 0.5) is 5.82 Å². The normalized spacial score (nSPS) is 17.9. The monoisotopic (exact) mass is 598 g/mol. The number of nitrogens with zero attached hydrogens (tertiary/aromatic N) is 5. The molecule has 0 bridgehead atoms. The highest BCUT2D eigenvalue weighted by atomic mass is 35.5. The number of aromatic nitrogens is 4. The minimum absolute atomic E-state index is 0.196. The van der Waals surface area contributed by atoms with Crippen molar-refractivity contribution >= 4 is 49.8 Å². The fourth-order valence-corrected chi connectivity index (χ4v) is 8.44. The van der Waals surface area contributed by atoms with E-state index < -0.39 is 15.9 Å². The van der Waals surface area contributed by atoms with Gasteiger partial charge in [-0.1, -0.05) is 23.2 Å². The summed E-state index contributed by atoms with van der Waals surface area (Å²) in [6.45, 7) is 2.97. The SMILES string of the molecule is COc1cc2[nH]nc(-c3cnc(N4CC5(CCS(=O)(=O)C5)C4)c(C#N)c3)c2cc1O[C@H](C)c1c(Cl)cncc1Cl. The summed E-state index contributed by atoms with van der Waals surface area (Å²) >= 11 is 12.7. The van der Waals surface area contributed by atoms with Gasteiger partial charge >= 0.3 is 0 Å². The Morgan fingerprint density at radius 2 is 1.90 bits per heavy atom. The van der Waals surface area contributed by atoms with Crippen molar-refractivity contribution in [3.8, 4) is 28.8 Å². The number of rotatable bonds is 6. The standard InChI is InChI=1S/C27H24Cl2N6O4S/c1-15(24-19(28)10-31-11-20(24)29)39-23-6-18-21(7-22(23)38-2)33-34-25(18)17-5-16(8-30)26(32-9-17)35-12-27(13-35)3-4-40(36,37)14-27/h5-7,9-11,15H,3-4,12-14H2,1-2H3,(H,33,34)/t15-/m1/s1. The van der Waals surface area contributed by atoms with E-state index in [4.69, 9.17) is 32.7 Å². The number of pyridine rings is 2. The lowest BCUT2D eigenvalue weighted by Crippen LogP contribution is -2.57. The van der Waals surface area contributed by atoms with Crippen molar-refractivity contribution in [3.05, 3.63) is 58.0 Å². The molecule has 1 N–H and O–H groups in total. The molecule has 13 heteroatoms. The second-order valence-corrected chi connectivity index (χ2v) is 13.3. The van der Waals surface area contributed by atoms with E-state index in [0.29, 0.717) is 74.8 Å². The number of nitriles is 1. The highest BCUT2D eigenvalue weighted by molar-refractivity contribution is 7.91. The number of halogens is 2. The number of nitrogens with one attached hydrogen (secondary N) is 1. The van der Waals surface area contributed by atoms with E-state index in [1.807, 2.05) is 17.9 Å². The van der Waals surface area contributed by atoms with E-state index in [-0.39, 0.29) is 16.9 Å². The Kier molecular flexibility index (Phi) is 6.52. The van der Waals surface area contributed by atoms with E-state index in [2.05, 4.69) is 26.2 Å². The largest absolute Gasteiger partial charge is 0.493 e. The van der Waals surface area contributed by atoms with Gasteiger partial charge in [0.2, 0.25) is 0 Å². The van der Waals surface area contributed by atoms with Gasteiger partial charge in [-0.15, -0.1) is 0 Å². The molecule has 3 aromatic heterocycles. The Labute approximate surface area is 240 Å². The smallest absolute Gasteiger partial charge is 0.162 e. The van der Waals surface area contributed by atoms with Crippen molar-refractivity contribution in [1.82, 2.24) is 20.2 Å². The molecule has 2 aliphatic rings. The van der Waals surface area contributed by atoms with E-state index in [0.717, 1.165) is 5.39 Å². The molecule has 0 radical (unpaired) electrons. The predicted octanol–water partition coefficient (Wildman–Crippen LogP) is 4.97. The van der Waals surface area contributed by atoms with E-state index in [1.165, 1.54) is 12.4 Å². The second-order valence-electron chi connectivity index (χ2n) is 10.3. The van der Waals surface area contributed by atoms with Crippen LogP contribution in [0.2, 0.25) is 10.0 Å². The molecule has 10 nitrogen and oxygen atoms in total. The quantitative estimate of drug-likeness (QED) is 0.326. The van der Waals surface area contributed by atoms with Crippen LogP contribution < -0.4 is 14.4 Å². The lowest BCUT2D eigenvalue weighted by atomic mass is 9.79. The number of ether oxygens (including phenoxy) is 2. The Morgan fingerprint density at radius 3 is 2.55 bits per heavy atom. The molecular weight excluding hydrogens is 575 g/mol. The molecular formula is C27H24Cl2N6O4S. The van der Waals surface area contributed by atoms with Crippen molar-refractivity contribution < 1.29 is 17.9 Å². The summed E-state index contributed by atoms with van der Waals surface area (Å²) < 4.78 is 35.8. The van der Waals surface area contributed by atoms with Gasteiger partial charge in [-0.2, -0.15) is 10.4 Å². The van der Waals surface area contributed by atoms with Crippen LogP contribution in [-0.2, 0) is 9.84 Å². The van der Waals surface area contributed by atoms with Crippen LogP contribution in [0.5, 0.6) is 11.5 Å². The third-order valence-electron chi connectivity index (χ3n) is 7.53. The highest BCUT2D eigenvalue weighted by Gasteiger charge is 2.51. The minimum atomic E-state index is -2.99. The highest BCUT2D eigenvalue weighted by Crippen LogP contribution is 2.44. The third kappa shape index (κ3) is 4.60. The Balaban J connectivity index is 1.31. The van der Waals surface area contributed by atoms with E-state index in [9.17, 15) is 13.7 Å². The first-order valence-corrected chi connectivity index (χ1v) is 15.1. The molecule has 40 heavy (non-hydrogen) atoms. The summed E-state index contributed by atoms with van der Waals surface area (Å²) in [4.78, 5) is 10.6. The van der Waals surface area contributed by atoms with Crippen LogP contribution in [0.3, 0.4) is 0 Å². The topological polar surface area (TPSA) is 134 Å². The number of fused-ring (bicyclic) bond motifs is 1. The molecule has 206 valence electrons. The minimum Gasteiger partial charge on any atom is -0.493 e. The summed E-state index contributed by atoms with van der Waals surface area (Å²) in [7, 11) is -1.44. The van der Waals surface area contributed by atoms with Gasteiger partial charge in [0.25, 0.3) is 0 Å². The molecule has 0 aliphatic carbocycles. The summed E-state index contributed by atoms with van der Waals surface area (Å²) in [6, 6.07) is 7.58. The van der Waals surface area contributed by atoms with Crippen LogP contribution in [0, 0.1) is 16.7 Å². The number of H-pyrrole nitrogens is 1. The lowest BCUT2D eigenvalue weighted by Gasteiger charge is -2.48. The molecule has 1 spiro atoms. The van der Waals surface area contributed by atoms with Crippen molar-refractivity contribution in [2.75, 3.05) is 36.6 Å². The number of anilines is 1. The maximum atomic E-state index is 12.0. The molecule has 2 saturated heterocycles. The third-order valence-corrected chi connectivity index (χ3v) is 10.0. The molecule has 0 unspecified atom stereocenters. The van der Waals surface area contributed by atoms with Crippen LogP contribution in [0.1, 0.15) is 30.6 Å². The molecule has 1 atom stereocenters. The van der Waals surface area contributed by atoms with Gasteiger partial charge in [0.05, 0.1) is 39.7 Å². The van der Waals surface area contributed by atoms with Crippen molar-refractivity contribution in [3.63, 3.8) is 0 Å². The maximum Gasteiger partial charge on any atom is 0.162 e. The molecule has 4 aromatic rings. The van der Waals surface area contributed by atoms with Gasteiger partial charge in [0, 0.05) is 59.7 Å².